The van der Waals surface area contributed by atoms with Crippen LogP contribution in [-0.4, -0.2) is 56.0 Å². The second-order valence-corrected chi connectivity index (χ2v) is 8.45. The third-order valence-electron chi connectivity index (χ3n) is 4.49. The molecule has 4 aliphatic rings. The number of fused-ring (bicyclic) bond motifs is 3. The fraction of sp³-hybridized carbons (Fsp3) is 0.571. The average Bonchev–Trinajstić information content (AvgIpc) is 3.38. The summed E-state index contributed by atoms with van der Waals surface area (Å²) in [6, 6.07) is 4.62. The molecule has 24 heavy (non-hydrogen) atoms. The number of hydrogen-bond donors (Lipinski definition) is 0. The van der Waals surface area contributed by atoms with Crippen molar-refractivity contribution >= 4 is 15.7 Å². The van der Waals surface area contributed by atoms with Crippen LogP contribution in [0.15, 0.2) is 29.2 Å². The number of benzene rings is 1. The Morgan fingerprint density at radius 2 is 1.79 bits per heavy atom. The molecule has 0 aliphatic carbocycles. The molecule has 4 aliphatic heterocycles. The Balaban J connectivity index is 1.61. The maximum atomic E-state index is 12.8. The Morgan fingerprint density at radius 3 is 2.38 bits per heavy atom. The first-order chi connectivity index (χ1) is 11.3. The number of sulfonamides is 1. The number of para-hydroxylation sites is 1. The highest BCUT2D eigenvalue weighted by Crippen LogP contribution is 2.47. The third-order valence-corrected chi connectivity index (χ3v) is 6.41. The topological polar surface area (TPSA) is 108 Å². The average molecular weight is 356 g/mol. The van der Waals surface area contributed by atoms with E-state index in [9.17, 15) is 18.5 Å². The van der Waals surface area contributed by atoms with Gasteiger partial charge < -0.3 is 14.2 Å². The normalized spacial score (nSPS) is 38.0. The molecule has 0 N–H and O–H groups in total. The van der Waals surface area contributed by atoms with Gasteiger partial charge in [-0.05, 0) is 6.07 Å². The van der Waals surface area contributed by atoms with Crippen LogP contribution in [0.1, 0.15) is 6.92 Å². The largest absolute Gasteiger partial charge is 0.325 e. The third kappa shape index (κ3) is 2.25. The Kier molecular flexibility index (Phi) is 3.29. The van der Waals surface area contributed by atoms with E-state index < -0.39 is 32.6 Å². The Bertz CT molecular complexity index is 785. The predicted molar refractivity (Wildman–Crippen MR) is 79.5 cm³/mol. The van der Waals surface area contributed by atoms with Crippen molar-refractivity contribution in [3.05, 3.63) is 34.4 Å². The van der Waals surface area contributed by atoms with Gasteiger partial charge in [0.25, 0.3) is 15.7 Å². The zero-order chi connectivity index (χ0) is 17.2. The minimum absolute atomic E-state index is 0.130. The first kappa shape index (κ1) is 15.9. The van der Waals surface area contributed by atoms with Crippen molar-refractivity contribution in [3.63, 3.8) is 0 Å². The van der Waals surface area contributed by atoms with Gasteiger partial charge in [0.15, 0.2) is 4.90 Å². The quantitative estimate of drug-likeness (QED) is 0.444. The van der Waals surface area contributed by atoms with E-state index in [4.69, 9.17) is 14.2 Å². The molecule has 0 spiro atoms. The molecule has 2 atom stereocenters. The summed E-state index contributed by atoms with van der Waals surface area (Å²) in [5.74, 6) is -1.41. The van der Waals surface area contributed by atoms with Gasteiger partial charge in [0.05, 0.1) is 24.7 Å². The minimum Gasteiger partial charge on any atom is -0.325 e. The lowest BCUT2D eigenvalue weighted by Gasteiger charge is -2.50. The molecule has 1 aromatic carbocycles. The molecule has 4 heterocycles. The van der Waals surface area contributed by atoms with E-state index in [-0.39, 0.29) is 16.9 Å². The lowest BCUT2D eigenvalue weighted by atomic mass is 9.91. The molecule has 0 aromatic heterocycles. The summed E-state index contributed by atoms with van der Waals surface area (Å²) in [6.45, 7) is 3.35. The standard InChI is InChI=1S/C14H16N2O7S/c1-13-7-21-14(22-8-13,23-9-13)12-6-15(12)24(19,20)11-5-3-2-4-10(11)16(17)18/h2-5,12H,6-9H2,1H3/t12-,13?,14?,15?/m0/s1. The number of nitro groups is 1. The van der Waals surface area contributed by atoms with Crippen molar-refractivity contribution < 1.29 is 27.6 Å². The summed E-state index contributed by atoms with van der Waals surface area (Å²) in [6.07, 6.45) is 0. The molecule has 2 bridgehead atoms. The minimum atomic E-state index is -4.03. The predicted octanol–water partition coefficient (Wildman–Crippen LogP) is 0.705. The molecule has 0 radical (unpaired) electrons. The van der Waals surface area contributed by atoms with E-state index in [0.717, 1.165) is 4.31 Å². The van der Waals surface area contributed by atoms with E-state index >= 15 is 0 Å². The highest BCUT2D eigenvalue weighted by molar-refractivity contribution is 7.89. The first-order valence-electron chi connectivity index (χ1n) is 7.45. The smallest absolute Gasteiger partial charge is 0.302 e. The van der Waals surface area contributed by atoms with Crippen molar-refractivity contribution in [1.82, 2.24) is 4.31 Å². The lowest BCUT2D eigenvalue weighted by molar-refractivity contribution is -0.466. The van der Waals surface area contributed by atoms with E-state index in [0.29, 0.717) is 19.8 Å². The van der Waals surface area contributed by atoms with Gasteiger partial charge in [-0.2, -0.15) is 4.31 Å². The zero-order valence-electron chi connectivity index (χ0n) is 12.9. The fourth-order valence-electron chi connectivity index (χ4n) is 2.99. The molecule has 4 fully saturated rings. The summed E-state index contributed by atoms with van der Waals surface area (Å²) >= 11 is 0. The first-order valence-corrected chi connectivity index (χ1v) is 8.89. The van der Waals surface area contributed by atoms with Crippen LogP contribution in [0.25, 0.3) is 0 Å². The second-order valence-electron chi connectivity index (χ2n) is 6.60. The van der Waals surface area contributed by atoms with E-state index in [1.54, 1.807) is 0 Å². The summed E-state index contributed by atoms with van der Waals surface area (Å²) in [4.78, 5) is 10.1. The van der Waals surface area contributed by atoms with Crippen LogP contribution in [0.2, 0.25) is 0 Å². The number of hydrogen-bond acceptors (Lipinski definition) is 7. The van der Waals surface area contributed by atoms with Crippen LogP contribution < -0.4 is 0 Å². The van der Waals surface area contributed by atoms with Gasteiger partial charge >= 0.3 is 5.97 Å². The van der Waals surface area contributed by atoms with Gasteiger partial charge in [0, 0.05) is 18.0 Å². The van der Waals surface area contributed by atoms with E-state index in [1.165, 1.54) is 24.3 Å². The molecule has 9 nitrogen and oxygen atoms in total. The molecular formula is C14H16N2O7S. The summed E-state index contributed by atoms with van der Waals surface area (Å²) in [7, 11) is -4.03. The van der Waals surface area contributed by atoms with E-state index in [1.807, 2.05) is 6.92 Å². The summed E-state index contributed by atoms with van der Waals surface area (Å²) < 4.78 is 43.6. The highest BCUT2D eigenvalue weighted by Gasteiger charge is 2.65. The van der Waals surface area contributed by atoms with Crippen LogP contribution in [-0.2, 0) is 24.2 Å². The summed E-state index contributed by atoms with van der Waals surface area (Å²) in [5, 5.41) is 11.1. The van der Waals surface area contributed by atoms with Crippen molar-refractivity contribution in [3.8, 4) is 0 Å². The van der Waals surface area contributed by atoms with Gasteiger partial charge in [0.2, 0.25) is 0 Å². The van der Waals surface area contributed by atoms with Gasteiger partial charge in [-0.3, -0.25) is 10.1 Å². The van der Waals surface area contributed by atoms with Crippen molar-refractivity contribution in [2.75, 3.05) is 26.4 Å². The summed E-state index contributed by atoms with van der Waals surface area (Å²) in [5.41, 5.74) is -0.679. The maximum Gasteiger partial charge on any atom is 0.302 e. The van der Waals surface area contributed by atoms with Crippen LogP contribution in [0.4, 0.5) is 5.69 Å². The van der Waals surface area contributed by atoms with Gasteiger partial charge in [-0.25, -0.2) is 8.42 Å². The fourth-order valence-corrected chi connectivity index (χ4v) is 4.70. The molecule has 1 unspecified atom stereocenters. The van der Waals surface area contributed by atoms with Gasteiger partial charge in [0.1, 0.15) is 6.04 Å². The number of rotatable bonds is 4. The molecule has 0 amide bonds. The number of ether oxygens (including phenoxy) is 3. The van der Waals surface area contributed by atoms with Crippen molar-refractivity contribution in [2.24, 2.45) is 5.41 Å². The molecule has 4 saturated heterocycles. The molecule has 0 saturated carbocycles. The molecule has 5 rings (SSSR count). The van der Waals surface area contributed by atoms with Crippen molar-refractivity contribution in [2.45, 2.75) is 23.8 Å². The van der Waals surface area contributed by atoms with Gasteiger partial charge in [-0.1, -0.05) is 19.1 Å². The van der Waals surface area contributed by atoms with Crippen LogP contribution in [0.5, 0.6) is 0 Å². The van der Waals surface area contributed by atoms with Crippen LogP contribution in [0.3, 0.4) is 0 Å². The molecule has 10 heteroatoms. The Morgan fingerprint density at radius 1 is 1.21 bits per heavy atom. The van der Waals surface area contributed by atoms with Crippen LogP contribution in [0, 0.1) is 15.5 Å². The van der Waals surface area contributed by atoms with Crippen LogP contribution >= 0.6 is 0 Å². The molecule has 1 aromatic rings. The SMILES string of the molecule is CC12COC([C@@H]3CN3S(=O)(=O)c3ccccc3[N+](=O)[O-])(OC1)OC2. The highest BCUT2D eigenvalue weighted by atomic mass is 32.2. The molecular weight excluding hydrogens is 340 g/mol. The zero-order valence-corrected chi connectivity index (χ0v) is 13.7. The van der Waals surface area contributed by atoms with Crippen molar-refractivity contribution in [1.29, 1.82) is 0 Å². The number of nitro benzene ring substituents is 1. The van der Waals surface area contributed by atoms with Gasteiger partial charge in [-0.15, -0.1) is 0 Å². The Hall–Kier alpha value is -1.59. The monoisotopic (exact) mass is 356 g/mol. The second kappa shape index (κ2) is 4.96. The maximum absolute atomic E-state index is 12.8. The number of nitrogens with zero attached hydrogens (tertiary/aromatic N) is 2. The van der Waals surface area contributed by atoms with E-state index in [2.05, 4.69) is 0 Å². The lowest BCUT2D eigenvalue weighted by Crippen LogP contribution is -2.62. The Labute approximate surface area is 138 Å². The molecule has 130 valence electrons.